The van der Waals surface area contributed by atoms with E-state index in [1.54, 1.807) is 0 Å². The number of para-hydroxylation sites is 1. The molecule has 0 bridgehead atoms. The minimum atomic E-state index is 0.852. The number of benzene rings is 2. The highest BCUT2D eigenvalue weighted by Crippen LogP contribution is 2.28. The van der Waals surface area contributed by atoms with Gasteiger partial charge in [0, 0.05) is 17.0 Å². The van der Waals surface area contributed by atoms with Gasteiger partial charge in [0.1, 0.15) is 5.65 Å². The van der Waals surface area contributed by atoms with Gasteiger partial charge in [-0.2, -0.15) is 0 Å². The lowest BCUT2D eigenvalue weighted by Crippen LogP contribution is -1.95. The molecule has 0 spiro atoms. The lowest BCUT2D eigenvalue weighted by atomic mass is 10.0. The maximum absolute atomic E-state index is 4.65. The van der Waals surface area contributed by atoms with Crippen molar-refractivity contribution in [3.05, 3.63) is 60.4 Å². The van der Waals surface area contributed by atoms with Crippen LogP contribution in [0.5, 0.6) is 0 Å². The summed E-state index contributed by atoms with van der Waals surface area (Å²) < 4.78 is 2.19. The average Bonchev–Trinajstić information content (AvgIpc) is 2.97. The highest BCUT2D eigenvalue weighted by atomic mass is 15.0. The molecular formula is C22H26N2. The van der Waals surface area contributed by atoms with E-state index in [0.29, 0.717) is 0 Å². The summed E-state index contributed by atoms with van der Waals surface area (Å²) >= 11 is 0. The van der Waals surface area contributed by atoms with Crippen molar-refractivity contribution < 1.29 is 0 Å². The van der Waals surface area contributed by atoms with Crippen molar-refractivity contribution in [2.75, 3.05) is 0 Å². The van der Waals surface area contributed by atoms with Gasteiger partial charge in [-0.25, -0.2) is 4.98 Å². The zero-order valence-electron chi connectivity index (χ0n) is 15.2. The lowest BCUT2D eigenvalue weighted by molar-refractivity contribution is 0.457. The number of rotatable bonds is 1. The van der Waals surface area contributed by atoms with Crippen LogP contribution in [-0.4, -0.2) is 9.38 Å². The number of fused-ring (bicyclic) bond motifs is 6. The molecule has 0 fully saturated rings. The molecule has 0 atom stereocenters. The molecule has 0 aliphatic carbocycles. The fourth-order valence-corrected chi connectivity index (χ4v) is 2.70. The first-order valence-corrected chi connectivity index (χ1v) is 8.74. The van der Waals surface area contributed by atoms with Gasteiger partial charge in [-0.15, -0.1) is 0 Å². The fraction of sp³-hybridized carbons (Fsp3) is 0.318. The Morgan fingerprint density at radius 1 is 0.750 bits per heavy atom. The van der Waals surface area contributed by atoms with E-state index in [0.717, 1.165) is 23.2 Å². The van der Waals surface area contributed by atoms with E-state index in [9.17, 15) is 0 Å². The SMILES string of the molecule is CC(C)C(C)C.Cc1cn2c3ccccc3c3ccccc3c2n1. The van der Waals surface area contributed by atoms with E-state index in [-0.39, 0.29) is 0 Å². The zero-order valence-corrected chi connectivity index (χ0v) is 15.2. The second-order valence-electron chi connectivity index (χ2n) is 7.13. The monoisotopic (exact) mass is 318 g/mol. The van der Waals surface area contributed by atoms with Crippen LogP contribution in [0.1, 0.15) is 33.4 Å². The van der Waals surface area contributed by atoms with Crippen molar-refractivity contribution in [3.8, 4) is 0 Å². The number of aryl methyl sites for hydroxylation is 1. The molecule has 0 amide bonds. The predicted molar refractivity (Wildman–Crippen MR) is 105 cm³/mol. The van der Waals surface area contributed by atoms with Gasteiger partial charge in [0.15, 0.2) is 0 Å². The lowest BCUT2D eigenvalue weighted by Gasteiger charge is -2.07. The van der Waals surface area contributed by atoms with Gasteiger partial charge in [-0.3, -0.25) is 4.40 Å². The van der Waals surface area contributed by atoms with E-state index in [2.05, 4.69) is 91.8 Å². The van der Waals surface area contributed by atoms with E-state index in [1.807, 2.05) is 6.92 Å². The fourth-order valence-electron chi connectivity index (χ4n) is 2.70. The Balaban J connectivity index is 0.000000246. The van der Waals surface area contributed by atoms with Gasteiger partial charge in [-0.1, -0.05) is 70.2 Å². The summed E-state index contributed by atoms with van der Waals surface area (Å²) in [6.07, 6.45) is 2.10. The Hall–Kier alpha value is -2.35. The molecule has 0 unspecified atom stereocenters. The molecule has 24 heavy (non-hydrogen) atoms. The quantitative estimate of drug-likeness (QED) is 0.379. The van der Waals surface area contributed by atoms with Crippen LogP contribution in [0, 0.1) is 18.8 Å². The first kappa shape index (κ1) is 16.5. The summed E-state index contributed by atoms with van der Waals surface area (Å²) in [7, 11) is 0. The van der Waals surface area contributed by atoms with E-state index in [1.165, 1.54) is 21.7 Å². The molecule has 4 rings (SSSR count). The molecule has 0 aliphatic heterocycles. The van der Waals surface area contributed by atoms with Gasteiger partial charge < -0.3 is 0 Å². The molecule has 0 radical (unpaired) electrons. The Bertz CT molecular complexity index is 898. The Morgan fingerprint density at radius 3 is 1.92 bits per heavy atom. The molecule has 2 aromatic carbocycles. The molecule has 0 saturated heterocycles. The van der Waals surface area contributed by atoms with Crippen molar-refractivity contribution in [3.63, 3.8) is 0 Å². The molecule has 2 heteroatoms. The highest BCUT2D eigenvalue weighted by Gasteiger charge is 2.08. The third-order valence-corrected chi connectivity index (χ3v) is 4.78. The van der Waals surface area contributed by atoms with Crippen LogP contribution in [0.15, 0.2) is 54.7 Å². The molecule has 0 saturated carbocycles. The topological polar surface area (TPSA) is 17.3 Å². The zero-order chi connectivity index (χ0) is 17.3. The van der Waals surface area contributed by atoms with Crippen LogP contribution in [0.2, 0.25) is 0 Å². The molecule has 2 heterocycles. The minimum absolute atomic E-state index is 0.852. The molecule has 4 aromatic rings. The summed E-state index contributed by atoms with van der Waals surface area (Å²) in [5.74, 6) is 1.70. The van der Waals surface area contributed by atoms with Crippen molar-refractivity contribution in [2.45, 2.75) is 34.6 Å². The van der Waals surface area contributed by atoms with Gasteiger partial charge in [0.05, 0.1) is 11.2 Å². The van der Waals surface area contributed by atoms with Crippen molar-refractivity contribution in [1.82, 2.24) is 9.38 Å². The third-order valence-electron chi connectivity index (χ3n) is 4.78. The summed E-state index contributed by atoms with van der Waals surface area (Å²) in [5, 5.41) is 3.76. The van der Waals surface area contributed by atoms with Crippen LogP contribution < -0.4 is 0 Å². The highest BCUT2D eigenvalue weighted by molar-refractivity contribution is 6.11. The number of nitrogens with zero attached hydrogens (tertiary/aromatic N) is 2. The smallest absolute Gasteiger partial charge is 0.145 e. The van der Waals surface area contributed by atoms with E-state index < -0.39 is 0 Å². The normalized spacial score (nSPS) is 11.5. The number of imidazole rings is 1. The molecular weight excluding hydrogens is 292 g/mol. The van der Waals surface area contributed by atoms with Gasteiger partial charge in [0.25, 0.3) is 0 Å². The largest absolute Gasteiger partial charge is 0.299 e. The van der Waals surface area contributed by atoms with Crippen LogP contribution in [0.25, 0.3) is 27.3 Å². The number of aromatic nitrogens is 2. The Kier molecular flexibility index (Phi) is 4.57. The van der Waals surface area contributed by atoms with Gasteiger partial charge >= 0.3 is 0 Å². The first-order chi connectivity index (χ1) is 11.5. The van der Waals surface area contributed by atoms with Crippen LogP contribution in [0.4, 0.5) is 0 Å². The number of pyridine rings is 1. The molecule has 124 valence electrons. The minimum Gasteiger partial charge on any atom is -0.299 e. The van der Waals surface area contributed by atoms with Crippen molar-refractivity contribution in [2.24, 2.45) is 11.8 Å². The van der Waals surface area contributed by atoms with E-state index in [4.69, 9.17) is 0 Å². The van der Waals surface area contributed by atoms with Gasteiger partial charge in [-0.05, 0) is 30.2 Å². The molecule has 2 nitrogen and oxygen atoms in total. The maximum atomic E-state index is 4.65. The van der Waals surface area contributed by atoms with Crippen LogP contribution in [-0.2, 0) is 0 Å². The number of hydrogen-bond acceptors (Lipinski definition) is 1. The molecule has 0 aliphatic rings. The standard InChI is InChI=1S/C16H12N2.C6H14/c1-11-10-18-15-9-5-4-7-13(15)12-6-2-3-8-14(12)16(18)17-11;1-5(2)6(3)4/h2-10H,1H3;5-6H,1-4H3. The van der Waals surface area contributed by atoms with Crippen LogP contribution in [0.3, 0.4) is 0 Å². The van der Waals surface area contributed by atoms with Crippen molar-refractivity contribution in [1.29, 1.82) is 0 Å². The maximum Gasteiger partial charge on any atom is 0.145 e. The Labute approximate surface area is 144 Å². The average molecular weight is 318 g/mol. The summed E-state index contributed by atoms with van der Waals surface area (Å²) in [6, 6.07) is 17.0. The first-order valence-electron chi connectivity index (χ1n) is 8.74. The third kappa shape index (κ3) is 3.01. The van der Waals surface area contributed by atoms with Crippen molar-refractivity contribution >= 4 is 27.3 Å². The summed E-state index contributed by atoms with van der Waals surface area (Å²) in [6.45, 7) is 11.0. The number of hydrogen-bond donors (Lipinski definition) is 0. The summed E-state index contributed by atoms with van der Waals surface area (Å²) in [4.78, 5) is 4.65. The van der Waals surface area contributed by atoms with E-state index >= 15 is 0 Å². The predicted octanol–water partition coefficient (Wildman–Crippen LogP) is 6.25. The van der Waals surface area contributed by atoms with Crippen LogP contribution >= 0.6 is 0 Å². The second-order valence-corrected chi connectivity index (χ2v) is 7.13. The summed E-state index contributed by atoms with van der Waals surface area (Å²) in [5.41, 5.74) is 3.31. The Morgan fingerprint density at radius 2 is 1.29 bits per heavy atom. The van der Waals surface area contributed by atoms with Gasteiger partial charge in [0.2, 0.25) is 0 Å². The second kappa shape index (κ2) is 6.64. The molecule has 2 aromatic heterocycles. The molecule has 0 N–H and O–H groups in total.